The van der Waals surface area contributed by atoms with Gasteiger partial charge in [0.1, 0.15) is 0 Å². The molecule has 104 valence electrons. The zero-order valence-electron chi connectivity index (χ0n) is 11.9. The number of hydrogen-bond acceptors (Lipinski definition) is 2. The largest absolute Gasteiger partial charge is 0.314 e. The molecule has 1 N–H and O–H groups in total. The molecule has 0 aliphatic heterocycles. The monoisotopic (exact) mass is 266 g/mol. The molecule has 2 aliphatic carbocycles. The molecule has 1 saturated carbocycles. The predicted octanol–water partition coefficient (Wildman–Crippen LogP) is 3.56. The Morgan fingerprint density at radius 2 is 2.00 bits per heavy atom. The summed E-state index contributed by atoms with van der Waals surface area (Å²) in [6, 6.07) is 13.3. The van der Waals surface area contributed by atoms with Crippen LogP contribution in [0.25, 0.3) is 0 Å². The number of nitrogens with zero attached hydrogens (tertiary/aromatic N) is 1. The molecule has 1 aromatic rings. The smallest absolute Gasteiger partial charge is 0.0852 e. The van der Waals surface area contributed by atoms with Crippen LogP contribution in [-0.2, 0) is 5.41 Å². The first-order valence-corrected chi connectivity index (χ1v) is 7.67. The highest BCUT2D eigenvalue weighted by Gasteiger charge is 2.45. The zero-order chi connectivity index (χ0) is 13.8. The van der Waals surface area contributed by atoms with E-state index in [2.05, 4.69) is 35.7 Å². The Morgan fingerprint density at radius 3 is 2.65 bits per heavy atom. The number of nitrogens with one attached hydrogen (secondary N) is 1. The van der Waals surface area contributed by atoms with E-state index in [1.807, 2.05) is 18.2 Å². The summed E-state index contributed by atoms with van der Waals surface area (Å²) in [5, 5.41) is 13.2. The second kappa shape index (κ2) is 5.81. The molecule has 1 atom stereocenters. The van der Waals surface area contributed by atoms with Gasteiger partial charge in [0.25, 0.3) is 0 Å². The molecule has 2 aliphatic rings. The summed E-state index contributed by atoms with van der Waals surface area (Å²) in [7, 11) is 0. The Bertz CT molecular complexity index is 506. The third kappa shape index (κ3) is 2.64. The van der Waals surface area contributed by atoms with E-state index in [1.54, 1.807) is 0 Å². The maximum Gasteiger partial charge on any atom is 0.0852 e. The number of benzene rings is 1. The lowest BCUT2D eigenvalue weighted by molar-refractivity contribution is 0.216. The molecular weight excluding hydrogens is 244 g/mol. The van der Waals surface area contributed by atoms with Gasteiger partial charge in [-0.2, -0.15) is 5.26 Å². The fourth-order valence-corrected chi connectivity index (χ4v) is 3.45. The van der Waals surface area contributed by atoms with E-state index in [1.165, 1.54) is 24.8 Å². The van der Waals surface area contributed by atoms with Crippen LogP contribution >= 0.6 is 0 Å². The zero-order valence-corrected chi connectivity index (χ0v) is 11.9. The maximum atomic E-state index is 9.54. The Morgan fingerprint density at radius 1 is 1.20 bits per heavy atom. The van der Waals surface area contributed by atoms with Crippen molar-refractivity contribution < 1.29 is 0 Å². The summed E-state index contributed by atoms with van der Waals surface area (Å²) in [5.74, 6) is 0.786. The van der Waals surface area contributed by atoms with Crippen LogP contribution in [0.15, 0.2) is 42.5 Å². The van der Waals surface area contributed by atoms with Crippen LogP contribution in [0.2, 0.25) is 0 Å². The fraction of sp³-hybridized carbons (Fsp3) is 0.500. The highest BCUT2D eigenvalue weighted by Crippen LogP contribution is 2.43. The molecule has 20 heavy (non-hydrogen) atoms. The van der Waals surface area contributed by atoms with Crippen LogP contribution < -0.4 is 5.32 Å². The van der Waals surface area contributed by atoms with Gasteiger partial charge in [-0.1, -0.05) is 42.5 Å². The summed E-state index contributed by atoms with van der Waals surface area (Å²) < 4.78 is 0. The van der Waals surface area contributed by atoms with Gasteiger partial charge in [-0.25, -0.2) is 0 Å². The van der Waals surface area contributed by atoms with Gasteiger partial charge in [0, 0.05) is 6.04 Å². The van der Waals surface area contributed by atoms with Gasteiger partial charge in [-0.3, -0.25) is 0 Å². The molecule has 0 radical (unpaired) electrons. The average molecular weight is 266 g/mol. The number of rotatable bonds is 4. The van der Waals surface area contributed by atoms with Crippen molar-refractivity contribution in [2.24, 2.45) is 5.92 Å². The summed E-state index contributed by atoms with van der Waals surface area (Å²) in [5.41, 5.74) is 0.937. The summed E-state index contributed by atoms with van der Waals surface area (Å²) in [4.78, 5) is 0. The van der Waals surface area contributed by atoms with Crippen molar-refractivity contribution in [2.45, 2.75) is 43.6 Å². The fourth-order valence-electron chi connectivity index (χ4n) is 3.45. The van der Waals surface area contributed by atoms with Crippen molar-refractivity contribution in [3.05, 3.63) is 48.0 Å². The molecule has 0 spiro atoms. The second-order valence-corrected chi connectivity index (χ2v) is 6.22. The van der Waals surface area contributed by atoms with Gasteiger partial charge in [0.15, 0.2) is 0 Å². The minimum absolute atomic E-state index is 0.245. The van der Waals surface area contributed by atoms with Crippen molar-refractivity contribution in [2.75, 3.05) is 6.54 Å². The third-order valence-corrected chi connectivity index (χ3v) is 4.80. The topological polar surface area (TPSA) is 35.8 Å². The van der Waals surface area contributed by atoms with E-state index in [9.17, 15) is 5.26 Å². The molecule has 0 aromatic heterocycles. The van der Waals surface area contributed by atoms with Gasteiger partial charge < -0.3 is 5.32 Å². The highest BCUT2D eigenvalue weighted by molar-refractivity contribution is 5.36. The quantitative estimate of drug-likeness (QED) is 0.846. The van der Waals surface area contributed by atoms with Crippen LogP contribution in [0.1, 0.15) is 37.7 Å². The number of nitriles is 1. The van der Waals surface area contributed by atoms with Gasteiger partial charge >= 0.3 is 0 Å². The maximum absolute atomic E-state index is 9.54. The Labute approximate surface area is 121 Å². The SMILES string of the molecule is N#CC1(c2ccccc2)CC(NCC2CC=CCC2)C1. The van der Waals surface area contributed by atoms with Crippen molar-refractivity contribution >= 4 is 0 Å². The minimum Gasteiger partial charge on any atom is -0.314 e. The van der Waals surface area contributed by atoms with Gasteiger partial charge in [-0.05, 0) is 50.1 Å². The lowest BCUT2D eigenvalue weighted by Gasteiger charge is -2.44. The predicted molar refractivity (Wildman–Crippen MR) is 81.2 cm³/mol. The molecule has 3 rings (SSSR count). The van der Waals surface area contributed by atoms with E-state index in [4.69, 9.17) is 0 Å². The first kappa shape index (κ1) is 13.4. The van der Waals surface area contributed by atoms with E-state index in [0.29, 0.717) is 6.04 Å². The van der Waals surface area contributed by atoms with Crippen LogP contribution in [0.4, 0.5) is 0 Å². The van der Waals surface area contributed by atoms with Crippen LogP contribution in [0, 0.1) is 17.2 Å². The Hall–Kier alpha value is -1.59. The molecule has 0 amide bonds. The highest BCUT2D eigenvalue weighted by atomic mass is 14.9. The molecule has 0 heterocycles. The van der Waals surface area contributed by atoms with E-state index in [0.717, 1.165) is 25.3 Å². The molecule has 0 saturated heterocycles. The second-order valence-electron chi connectivity index (χ2n) is 6.22. The first-order valence-electron chi connectivity index (χ1n) is 7.67. The third-order valence-electron chi connectivity index (χ3n) is 4.80. The number of hydrogen-bond donors (Lipinski definition) is 1. The molecular formula is C18H22N2. The number of allylic oxidation sites excluding steroid dienone is 2. The molecule has 0 bridgehead atoms. The van der Waals surface area contributed by atoms with Crippen molar-refractivity contribution in [1.82, 2.24) is 5.32 Å². The van der Waals surface area contributed by atoms with Crippen LogP contribution in [0.3, 0.4) is 0 Å². The lowest BCUT2D eigenvalue weighted by Crippen LogP contribution is -2.51. The normalized spacial score (nSPS) is 32.4. The van der Waals surface area contributed by atoms with Gasteiger partial charge in [-0.15, -0.1) is 0 Å². The first-order chi connectivity index (χ1) is 9.82. The minimum atomic E-state index is -0.245. The van der Waals surface area contributed by atoms with E-state index < -0.39 is 0 Å². The van der Waals surface area contributed by atoms with Crippen molar-refractivity contribution in [1.29, 1.82) is 5.26 Å². The average Bonchev–Trinajstić information content (AvgIpc) is 2.48. The summed E-state index contributed by atoms with van der Waals surface area (Å²) >= 11 is 0. The van der Waals surface area contributed by atoms with Crippen LogP contribution in [-0.4, -0.2) is 12.6 Å². The standard InChI is InChI=1S/C18H22N2/c19-14-18(16-9-5-2-6-10-16)11-17(12-18)20-13-15-7-3-1-4-8-15/h1-3,5-6,9-10,15,17,20H,4,7-8,11-13H2. The Kier molecular flexibility index (Phi) is 3.89. The van der Waals surface area contributed by atoms with Crippen molar-refractivity contribution in [3.63, 3.8) is 0 Å². The summed E-state index contributed by atoms with van der Waals surface area (Å²) in [6.07, 6.45) is 10.2. The van der Waals surface area contributed by atoms with E-state index >= 15 is 0 Å². The van der Waals surface area contributed by atoms with Gasteiger partial charge in [0.05, 0.1) is 11.5 Å². The molecule has 1 aromatic carbocycles. The molecule has 1 fully saturated rings. The van der Waals surface area contributed by atoms with E-state index in [-0.39, 0.29) is 5.41 Å². The molecule has 2 nitrogen and oxygen atoms in total. The lowest BCUT2D eigenvalue weighted by atomic mass is 9.62. The molecule has 2 heteroatoms. The van der Waals surface area contributed by atoms with Gasteiger partial charge in [0.2, 0.25) is 0 Å². The Balaban J connectivity index is 1.52. The summed E-state index contributed by atoms with van der Waals surface area (Å²) in [6.45, 7) is 1.10. The molecule has 1 unspecified atom stereocenters. The van der Waals surface area contributed by atoms with Crippen LogP contribution in [0.5, 0.6) is 0 Å². The van der Waals surface area contributed by atoms with Crippen molar-refractivity contribution in [3.8, 4) is 6.07 Å².